The molecule has 1 aliphatic rings. The van der Waals surface area contributed by atoms with Crippen LogP contribution >= 0.6 is 11.3 Å². The molecule has 5 heteroatoms. The normalized spacial score (nSPS) is 16.2. The number of esters is 1. The molecule has 0 saturated carbocycles. The lowest BCUT2D eigenvalue weighted by atomic mass is 9.69. The molecule has 0 spiro atoms. The summed E-state index contributed by atoms with van der Waals surface area (Å²) in [6.07, 6.45) is 4.31. The Morgan fingerprint density at radius 2 is 1.93 bits per heavy atom. The molecule has 0 fully saturated rings. The van der Waals surface area contributed by atoms with Gasteiger partial charge in [0.05, 0.1) is 18.6 Å². The van der Waals surface area contributed by atoms with E-state index in [1.807, 2.05) is 37.3 Å². The van der Waals surface area contributed by atoms with Crippen molar-refractivity contribution in [3.63, 3.8) is 0 Å². The number of fused-ring (bicyclic) bond motifs is 1. The minimum atomic E-state index is -0.326. The minimum Gasteiger partial charge on any atom is -0.462 e. The van der Waals surface area contributed by atoms with Crippen LogP contribution in [0.4, 0.5) is 5.00 Å². The van der Waals surface area contributed by atoms with Crippen LogP contribution in [0.2, 0.25) is 0 Å². The second kappa shape index (κ2) is 9.12. The number of nitrogens with one attached hydrogen (secondary N) is 1. The average molecular weight is 414 g/mol. The van der Waals surface area contributed by atoms with Gasteiger partial charge in [-0.3, -0.25) is 4.79 Å². The summed E-state index contributed by atoms with van der Waals surface area (Å²) in [7, 11) is 0. The minimum absolute atomic E-state index is 0.106. The number of thiophene rings is 1. The van der Waals surface area contributed by atoms with Gasteiger partial charge in [0.25, 0.3) is 0 Å². The quantitative estimate of drug-likeness (QED) is 0.597. The van der Waals surface area contributed by atoms with E-state index in [9.17, 15) is 9.59 Å². The summed E-state index contributed by atoms with van der Waals surface area (Å²) >= 11 is 1.55. The molecule has 0 aliphatic heterocycles. The van der Waals surface area contributed by atoms with E-state index in [0.717, 1.165) is 36.8 Å². The van der Waals surface area contributed by atoms with Crippen LogP contribution in [0.15, 0.2) is 30.3 Å². The Morgan fingerprint density at radius 1 is 1.21 bits per heavy atom. The average Bonchev–Trinajstić information content (AvgIpc) is 3.05. The lowest BCUT2D eigenvalue weighted by Gasteiger charge is -2.36. The Labute approximate surface area is 177 Å². The van der Waals surface area contributed by atoms with Crippen LogP contribution in [0, 0.1) is 11.3 Å². The lowest BCUT2D eigenvalue weighted by Crippen LogP contribution is -2.28. The molecule has 1 aliphatic carbocycles. The zero-order valence-corrected chi connectivity index (χ0v) is 18.7. The third kappa shape index (κ3) is 4.89. The van der Waals surface area contributed by atoms with Gasteiger partial charge < -0.3 is 10.1 Å². The Balaban J connectivity index is 1.86. The molecule has 0 saturated heterocycles. The molecular weight excluding hydrogens is 382 g/mol. The molecular formula is C24H31NO3S. The van der Waals surface area contributed by atoms with Crippen molar-refractivity contribution in [2.75, 3.05) is 11.9 Å². The molecule has 3 rings (SSSR count). The number of rotatable bonds is 7. The van der Waals surface area contributed by atoms with E-state index in [4.69, 9.17) is 4.74 Å². The van der Waals surface area contributed by atoms with Crippen molar-refractivity contribution in [2.24, 2.45) is 11.3 Å². The second-order valence-electron chi connectivity index (χ2n) is 8.42. The number of hydrogen-bond acceptors (Lipinski definition) is 4. The summed E-state index contributed by atoms with van der Waals surface area (Å²) in [4.78, 5) is 26.6. The number of benzene rings is 1. The number of anilines is 1. The van der Waals surface area contributed by atoms with E-state index in [1.165, 1.54) is 4.88 Å². The monoisotopic (exact) mass is 413 g/mol. The topological polar surface area (TPSA) is 55.4 Å². The predicted molar refractivity (Wildman–Crippen MR) is 119 cm³/mol. The fourth-order valence-electron chi connectivity index (χ4n) is 4.00. The molecule has 1 N–H and O–H groups in total. The van der Waals surface area contributed by atoms with E-state index in [-0.39, 0.29) is 23.7 Å². The van der Waals surface area contributed by atoms with Crippen LogP contribution in [0.1, 0.15) is 66.9 Å². The van der Waals surface area contributed by atoms with Crippen LogP contribution in [-0.4, -0.2) is 18.5 Å². The summed E-state index contributed by atoms with van der Waals surface area (Å²) in [5.41, 5.74) is 2.86. The summed E-state index contributed by atoms with van der Waals surface area (Å²) in [5, 5.41) is 3.64. The molecule has 4 nitrogen and oxygen atoms in total. The SMILES string of the molecule is CCOC(=O)c1c(NC(=O)Cc2ccccc2)sc2c1CC[C@@H](C(C)(C)CC)C2. The zero-order valence-electron chi connectivity index (χ0n) is 17.8. The van der Waals surface area contributed by atoms with E-state index < -0.39 is 0 Å². The van der Waals surface area contributed by atoms with Crippen molar-refractivity contribution in [1.82, 2.24) is 0 Å². The Kier molecular flexibility index (Phi) is 6.78. The van der Waals surface area contributed by atoms with E-state index >= 15 is 0 Å². The smallest absolute Gasteiger partial charge is 0.341 e. The van der Waals surface area contributed by atoms with Crippen molar-refractivity contribution in [2.45, 2.75) is 59.8 Å². The van der Waals surface area contributed by atoms with Gasteiger partial charge in [0.2, 0.25) is 5.91 Å². The van der Waals surface area contributed by atoms with Crippen molar-refractivity contribution < 1.29 is 14.3 Å². The molecule has 2 aromatic rings. The fourth-order valence-corrected chi connectivity index (χ4v) is 5.33. The van der Waals surface area contributed by atoms with Gasteiger partial charge in [-0.2, -0.15) is 0 Å². The van der Waals surface area contributed by atoms with Gasteiger partial charge in [-0.1, -0.05) is 57.5 Å². The van der Waals surface area contributed by atoms with Crippen LogP contribution in [0.3, 0.4) is 0 Å². The van der Waals surface area contributed by atoms with Gasteiger partial charge in [-0.05, 0) is 48.6 Å². The molecule has 1 atom stereocenters. The highest BCUT2D eigenvalue weighted by molar-refractivity contribution is 7.17. The number of carbonyl (C=O) groups excluding carboxylic acids is 2. The van der Waals surface area contributed by atoms with Gasteiger partial charge in [0, 0.05) is 4.88 Å². The highest BCUT2D eigenvalue weighted by atomic mass is 32.1. The molecule has 1 aromatic heterocycles. The first kappa shape index (κ1) is 21.6. The standard InChI is InChI=1S/C24H31NO3S/c1-5-24(3,4)17-12-13-18-19(15-17)29-22(21(18)23(27)28-6-2)25-20(26)14-16-10-8-7-9-11-16/h7-11,17H,5-6,12-15H2,1-4H3,(H,25,26)/t17-/m1/s1. The Morgan fingerprint density at radius 3 is 2.59 bits per heavy atom. The maximum Gasteiger partial charge on any atom is 0.341 e. The molecule has 29 heavy (non-hydrogen) atoms. The van der Waals surface area contributed by atoms with E-state index in [2.05, 4.69) is 26.1 Å². The molecule has 1 heterocycles. The van der Waals surface area contributed by atoms with Crippen LogP contribution in [-0.2, 0) is 28.8 Å². The van der Waals surface area contributed by atoms with Gasteiger partial charge in [-0.15, -0.1) is 11.3 Å². The van der Waals surface area contributed by atoms with Crippen molar-refractivity contribution in [1.29, 1.82) is 0 Å². The summed E-state index contributed by atoms with van der Waals surface area (Å²) < 4.78 is 5.32. The van der Waals surface area contributed by atoms with Crippen LogP contribution in [0.5, 0.6) is 0 Å². The lowest BCUT2D eigenvalue weighted by molar-refractivity contribution is -0.115. The van der Waals surface area contributed by atoms with Crippen molar-refractivity contribution in [3.05, 3.63) is 51.9 Å². The molecule has 156 valence electrons. The van der Waals surface area contributed by atoms with E-state index in [1.54, 1.807) is 11.3 Å². The maximum atomic E-state index is 12.7. The Hall–Kier alpha value is -2.14. The zero-order chi connectivity index (χ0) is 21.0. The van der Waals surface area contributed by atoms with E-state index in [0.29, 0.717) is 23.1 Å². The summed E-state index contributed by atoms with van der Waals surface area (Å²) in [5.74, 6) is 0.153. The molecule has 0 unspecified atom stereocenters. The first-order valence-electron chi connectivity index (χ1n) is 10.5. The van der Waals surface area contributed by atoms with Gasteiger partial charge >= 0.3 is 5.97 Å². The van der Waals surface area contributed by atoms with Gasteiger partial charge in [0.1, 0.15) is 5.00 Å². The number of hydrogen-bond donors (Lipinski definition) is 1. The third-order valence-electron chi connectivity index (χ3n) is 6.22. The fraction of sp³-hybridized carbons (Fsp3) is 0.500. The highest BCUT2D eigenvalue weighted by Crippen LogP contribution is 2.45. The van der Waals surface area contributed by atoms with Crippen molar-refractivity contribution in [3.8, 4) is 0 Å². The molecule has 0 bridgehead atoms. The Bertz CT molecular complexity index is 870. The highest BCUT2D eigenvalue weighted by Gasteiger charge is 2.35. The van der Waals surface area contributed by atoms with Crippen molar-refractivity contribution >= 4 is 28.2 Å². The molecule has 1 amide bonds. The maximum absolute atomic E-state index is 12.7. The second-order valence-corrected chi connectivity index (χ2v) is 9.53. The number of ether oxygens (including phenoxy) is 1. The van der Waals surface area contributed by atoms with Gasteiger partial charge in [0.15, 0.2) is 0 Å². The molecule has 0 radical (unpaired) electrons. The summed E-state index contributed by atoms with van der Waals surface area (Å²) in [6, 6.07) is 9.64. The number of carbonyl (C=O) groups is 2. The van der Waals surface area contributed by atoms with Gasteiger partial charge in [-0.25, -0.2) is 4.79 Å². The van der Waals surface area contributed by atoms with Crippen LogP contribution in [0.25, 0.3) is 0 Å². The van der Waals surface area contributed by atoms with Crippen LogP contribution < -0.4 is 5.32 Å². The first-order chi connectivity index (χ1) is 13.9. The predicted octanol–water partition coefficient (Wildman–Crippen LogP) is 5.65. The first-order valence-corrected chi connectivity index (χ1v) is 11.3. The molecule has 1 aromatic carbocycles. The third-order valence-corrected chi connectivity index (χ3v) is 7.39. The number of amides is 1. The summed E-state index contributed by atoms with van der Waals surface area (Å²) in [6.45, 7) is 9.02. The largest absolute Gasteiger partial charge is 0.462 e.